The largest absolute Gasteiger partial charge is 0.478 e. The van der Waals surface area contributed by atoms with E-state index in [1.807, 2.05) is 0 Å². The smallest absolute Gasteiger partial charge is 0.448 e. The molecule has 8 heteroatoms. The Kier molecular flexibility index (Phi) is 3.66. The van der Waals surface area contributed by atoms with E-state index < -0.39 is 27.8 Å². The lowest BCUT2D eigenvalue weighted by atomic mass is 9.95. The zero-order chi connectivity index (χ0) is 16.2. The predicted octanol–water partition coefficient (Wildman–Crippen LogP) is 4.23. The zero-order valence-corrected chi connectivity index (χ0v) is 12.3. The Labute approximate surface area is 127 Å². The molecule has 21 heavy (non-hydrogen) atoms. The van der Waals surface area contributed by atoms with Gasteiger partial charge in [0.05, 0.1) is 5.03 Å². The molecule has 0 radical (unpaired) electrons. The minimum absolute atomic E-state index is 0.0974. The highest BCUT2D eigenvalue weighted by Crippen LogP contribution is 2.52. The average Bonchev–Trinajstić information content (AvgIpc) is 2.24. The van der Waals surface area contributed by atoms with Crippen molar-refractivity contribution in [2.45, 2.75) is 25.1 Å². The van der Waals surface area contributed by atoms with Crippen LogP contribution >= 0.6 is 23.2 Å². The van der Waals surface area contributed by atoms with Crippen LogP contribution in [0.15, 0.2) is 17.7 Å². The molecule has 1 aliphatic heterocycles. The molecule has 1 N–H and O–H groups in total. The maximum absolute atomic E-state index is 13.2. The summed E-state index contributed by atoms with van der Waals surface area (Å²) in [6.07, 6.45) is -5.16. The van der Waals surface area contributed by atoms with Crippen molar-refractivity contribution in [1.29, 1.82) is 0 Å². The number of carbonyl (C=O) groups is 1. The number of benzene rings is 1. The van der Waals surface area contributed by atoms with Gasteiger partial charge in [0.1, 0.15) is 11.3 Å². The van der Waals surface area contributed by atoms with Crippen LogP contribution in [0, 0.1) is 13.8 Å². The van der Waals surface area contributed by atoms with Gasteiger partial charge in [-0.15, -0.1) is 0 Å². The number of hydrogen-bond acceptors (Lipinski definition) is 2. The molecule has 0 saturated carbocycles. The summed E-state index contributed by atoms with van der Waals surface area (Å²) in [6.45, 7) is 3.25. The second kappa shape index (κ2) is 4.81. The number of fused-ring (bicyclic) bond motifs is 1. The van der Waals surface area contributed by atoms with Gasteiger partial charge in [-0.1, -0.05) is 29.3 Å². The van der Waals surface area contributed by atoms with Crippen molar-refractivity contribution >= 4 is 34.2 Å². The number of carboxylic acid groups (broad SMARTS) is 1. The molecule has 1 aliphatic rings. The Balaban J connectivity index is 2.84. The number of hydrogen-bond donors (Lipinski definition) is 1. The van der Waals surface area contributed by atoms with E-state index in [4.69, 9.17) is 33.0 Å². The third-order valence-corrected chi connectivity index (χ3v) is 3.89. The van der Waals surface area contributed by atoms with Gasteiger partial charge in [0.2, 0.25) is 0 Å². The van der Waals surface area contributed by atoms with Crippen LogP contribution in [0.5, 0.6) is 5.75 Å². The molecule has 0 bridgehead atoms. The molecule has 3 nitrogen and oxygen atoms in total. The topological polar surface area (TPSA) is 46.5 Å². The van der Waals surface area contributed by atoms with E-state index in [9.17, 15) is 18.0 Å². The number of carboxylic acids is 1. The van der Waals surface area contributed by atoms with Crippen molar-refractivity contribution in [3.63, 3.8) is 0 Å². The van der Waals surface area contributed by atoms with Crippen LogP contribution in [-0.4, -0.2) is 22.3 Å². The summed E-state index contributed by atoms with van der Waals surface area (Å²) in [5, 5.41) is 4.97. The van der Waals surface area contributed by atoms with Crippen molar-refractivity contribution in [1.82, 2.24) is 0 Å². The summed E-state index contributed by atoms with van der Waals surface area (Å²) in [6, 6.07) is 2.98. The van der Waals surface area contributed by atoms with Crippen LogP contribution in [0.25, 0.3) is 5.03 Å². The lowest BCUT2D eigenvalue weighted by molar-refractivity contribution is -0.204. The van der Waals surface area contributed by atoms with Crippen LogP contribution in [0.1, 0.15) is 16.7 Å². The van der Waals surface area contributed by atoms with Gasteiger partial charge < -0.3 is 9.84 Å². The monoisotopic (exact) mass is 340 g/mol. The van der Waals surface area contributed by atoms with Crippen LogP contribution in [0.3, 0.4) is 0 Å². The summed E-state index contributed by atoms with van der Waals surface area (Å²) < 4.78 is 44.4. The highest BCUT2D eigenvalue weighted by Gasteiger charge is 2.64. The van der Waals surface area contributed by atoms with Gasteiger partial charge >= 0.3 is 17.2 Å². The first-order valence-corrected chi connectivity index (χ1v) is 6.44. The molecular formula is C13H9Cl2F3O3. The molecule has 0 saturated heterocycles. The molecule has 114 valence electrons. The van der Waals surface area contributed by atoms with Crippen molar-refractivity contribution < 1.29 is 27.8 Å². The van der Waals surface area contributed by atoms with Gasteiger partial charge in [-0.3, -0.25) is 0 Å². The van der Waals surface area contributed by atoms with E-state index in [1.165, 1.54) is 6.07 Å². The molecule has 1 aromatic carbocycles. The van der Waals surface area contributed by atoms with E-state index in [1.54, 1.807) is 19.9 Å². The minimum atomic E-state index is -5.16. The Hall–Kier alpha value is -1.40. The second-order valence-corrected chi connectivity index (χ2v) is 5.55. The van der Waals surface area contributed by atoms with Gasteiger partial charge in [-0.2, -0.15) is 13.2 Å². The summed E-state index contributed by atoms with van der Waals surface area (Å²) in [5.74, 6) is -2.09. The fourth-order valence-corrected chi connectivity index (χ4v) is 2.95. The lowest BCUT2D eigenvalue weighted by Gasteiger charge is -2.36. The molecule has 1 aromatic rings. The van der Waals surface area contributed by atoms with Crippen LogP contribution in [-0.2, 0) is 4.79 Å². The fourth-order valence-electron chi connectivity index (χ4n) is 2.19. The number of aryl methyl sites for hydroxylation is 2. The van der Waals surface area contributed by atoms with Crippen LogP contribution in [0.4, 0.5) is 13.2 Å². The predicted molar refractivity (Wildman–Crippen MR) is 71.6 cm³/mol. The van der Waals surface area contributed by atoms with E-state index in [-0.39, 0.29) is 11.3 Å². The van der Waals surface area contributed by atoms with Gasteiger partial charge in [0, 0.05) is 5.56 Å². The van der Waals surface area contributed by atoms with Gasteiger partial charge in [-0.25, -0.2) is 4.79 Å². The van der Waals surface area contributed by atoms with Crippen molar-refractivity contribution in [2.75, 3.05) is 0 Å². The summed E-state index contributed by atoms with van der Waals surface area (Å²) >= 11 is 11.4. The van der Waals surface area contributed by atoms with E-state index in [2.05, 4.69) is 0 Å². The van der Waals surface area contributed by atoms with Gasteiger partial charge in [0.25, 0.3) is 0 Å². The second-order valence-electron chi connectivity index (χ2n) is 4.64. The third kappa shape index (κ3) is 2.36. The van der Waals surface area contributed by atoms with Crippen LogP contribution < -0.4 is 4.74 Å². The SMILES string of the molecule is Cc1cc(C)c2c(c1)OC(Cl)(C(F)(F)F)C(C(=O)O)=C2Cl. The van der Waals surface area contributed by atoms with E-state index >= 15 is 0 Å². The van der Waals surface area contributed by atoms with Gasteiger partial charge in [-0.05, 0) is 31.0 Å². The zero-order valence-electron chi connectivity index (χ0n) is 10.8. The molecule has 0 amide bonds. The Morgan fingerprint density at radius 3 is 2.38 bits per heavy atom. The summed E-state index contributed by atoms with van der Waals surface area (Å²) in [5.41, 5.74) is -0.0108. The average molecular weight is 341 g/mol. The van der Waals surface area contributed by atoms with Crippen LogP contribution in [0.2, 0.25) is 0 Å². The quantitative estimate of drug-likeness (QED) is 0.778. The first-order valence-electron chi connectivity index (χ1n) is 5.69. The Morgan fingerprint density at radius 2 is 1.90 bits per heavy atom. The van der Waals surface area contributed by atoms with Crippen molar-refractivity contribution in [2.24, 2.45) is 0 Å². The van der Waals surface area contributed by atoms with E-state index in [0.29, 0.717) is 11.1 Å². The molecule has 0 aromatic heterocycles. The lowest BCUT2D eigenvalue weighted by Crippen LogP contribution is -2.50. The number of alkyl halides is 4. The minimum Gasteiger partial charge on any atom is -0.478 e. The van der Waals surface area contributed by atoms with Crippen molar-refractivity contribution in [3.05, 3.63) is 34.4 Å². The first-order chi connectivity index (χ1) is 9.49. The number of rotatable bonds is 1. The van der Waals surface area contributed by atoms with E-state index in [0.717, 1.165) is 0 Å². The highest BCUT2D eigenvalue weighted by molar-refractivity contribution is 6.53. The molecule has 1 unspecified atom stereocenters. The fraction of sp³-hybridized carbons (Fsp3) is 0.308. The molecule has 1 heterocycles. The molecular weight excluding hydrogens is 332 g/mol. The third-order valence-electron chi connectivity index (χ3n) is 3.03. The Bertz CT molecular complexity index is 667. The summed E-state index contributed by atoms with van der Waals surface area (Å²) in [4.78, 5) is 11.2. The summed E-state index contributed by atoms with van der Waals surface area (Å²) in [7, 11) is 0. The Morgan fingerprint density at radius 1 is 1.33 bits per heavy atom. The normalized spacial score (nSPS) is 21.9. The van der Waals surface area contributed by atoms with Gasteiger partial charge in [0.15, 0.2) is 0 Å². The number of halogens is 5. The highest BCUT2D eigenvalue weighted by atomic mass is 35.5. The molecule has 2 rings (SSSR count). The molecule has 1 atom stereocenters. The first kappa shape index (κ1) is 16.0. The maximum Gasteiger partial charge on any atom is 0.448 e. The number of ether oxygens (including phenoxy) is 1. The number of aliphatic carboxylic acids is 1. The maximum atomic E-state index is 13.2. The molecule has 0 aliphatic carbocycles. The molecule has 0 fully saturated rings. The standard InChI is InChI=1S/C13H9Cl2F3O3/c1-5-3-6(2)8-7(4-5)21-12(15,13(16,17)18)9(10(8)14)11(19)20/h3-4H,1-2H3,(H,19,20). The van der Waals surface area contributed by atoms with Crippen molar-refractivity contribution in [3.8, 4) is 5.75 Å². The molecule has 0 spiro atoms.